The second-order valence-corrected chi connectivity index (χ2v) is 2.71. The van der Waals surface area contributed by atoms with Gasteiger partial charge in [-0.2, -0.15) is 8.57 Å². The van der Waals surface area contributed by atoms with Crippen LogP contribution in [0.2, 0.25) is 0 Å². The predicted molar refractivity (Wildman–Crippen MR) is 35.4 cm³/mol. The van der Waals surface area contributed by atoms with Crippen molar-refractivity contribution in [3.05, 3.63) is 0 Å². The van der Waals surface area contributed by atoms with Crippen molar-refractivity contribution in [3.8, 4) is 0 Å². The molecule has 0 N–H and O–H groups in total. The van der Waals surface area contributed by atoms with Crippen molar-refractivity contribution in [2.45, 2.75) is 19.4 Å². The summed E-state index contributed by atoms with van der Waals surface area (Å²) in [7, 11) is 0. The molecule has 0 bridgehead atoms. The minimum absolute atomic E-state index is 0.224. The second-order valence-electron chi connectivity index (χ2n) is 2.11. The van der Waals surface area contributed by atoms with E-state index in [1.54, 1.807) is 0 Å². The molecule has 0 aromatic carbocycles. The van der Waals surface area contributed by atoms with E-state index in [0.717, 1.165) is 0 Å². The van der Waals surface area contributed by atoms with Crippen molar-refractivity contribution in [1.29, 1.82) is 0 Å². The number of nitrogens with zero attached hydrogens (tertiary/aromatic N) is 1. The van der Waals surface area contributed by atoms with Crippen molar-refractivity contribution in [2.75, 3.05) is 5.88 Å². The third-order valence-corrected chi connectivity index (χ3v) is 1.83. The quantitative estimate of drug-likeness (QED) is 0.552. The van der Waals surface area contributed by atoms with Crippen LogP contribution in [0, 0.1) is 0 Å². The van der Waals surface area contributed by atoms with E-state index < -0.39 is 0 Å². The van der Waals surface area contributed by atoms with Crippen LogP contribution in [0.25, 0.3) is 0 Å². The normalized spacial score (nSPS) is 10.9. The highest BCUT2D eigenvalue weighted by molar-refractivity contribution is 7.54. The molecule has 0 heterocycles. The molecule has 0 aliphatic carbocycles. The summed E-state index contributed by atoms with van der Waals surface area (Å²) >= 11 is 5.65. The van der Waals surface area contributed by atoms with Crippen molar-refractivity contribution >= 4 is 23.1 Å². The van der Waals surface area contributed by atoms with Crippen LogP contribution in [0.3, 0.4) is 0 Å². The van der Waals surface area contributed by atoms with Crippen LogP contribution in [-0.2, 0) is 11.5 Å². The predicted octanol–water partition coefficient (Wildman–Crippen LogP) is 1.40. The van der Waals surface area contributed by atoms with Crippen LogP contribution < -0.4 is 0 Å². The summed E-state index contributed by atoms with van der Waals surface area (Å²) in [5.41, 5.74) is -0.367. The monoisotopic (exact) mass is 153 g/mol. The van der Waals surface area contributed by atoms with E-state index in [1.807, 2.05) is 13.8 Å². The summed E-state index contributed by atoms with van der Waals surface area (Å²) in [5.74, 6) is 0.391. The Labute approximate surface area is 57.5 Å². The van der Waals surface area contributed by atoms with E-state index in [1.165, 1.54) is 0 Å². The van der Waals surface area contributed by atoms with E-state index in [0.29, 0.717) is 5.88 Å². The Morgan fingerprint density at radius 3 is 2.38 bits per heavy atom. The molecule has 0 aliphatic rings. The van der Waals surface area contributed by atoms with E-state index in [-0.39, 0.29) is 17.0 Å². The lowest BCUT2D eigenvalue weighted by Gasteiger charge is -2.10. The molecule has 2 nitrogen and oxygen atoms in total. The molecule has 0 aliphatic heterocycles. The molecule has 0 rings (SSSR count). The van der Waals surface area contributed by atoms with Crippen LogP contribution in [0.4, 0.5) is 0 Å². The van der Waals surface area contributed by atoms with Gasteiger partial charge in [-0.1, -0.05) is 0 Å². The van der Waals surface area contributed by atoms with Gasteiger partial charge in [0.2, 0.25) is 0 Å². The Kier molecular flexibility index (Phi) is 3.24. The van der Waals surface area contributed by atoms with Crippen molar-refractivity contribution in [1.82, 2.24) is 0 Å². The number of rotatable bonds is 2. The molecule has 0 saturated heterocycles. The molecule has 0 fully saturated rings. The SMILES string of the molecule is CC(C)(CCl)N=S=O. The fraction of sp³-hybridized carbons (Fsp3) is 1.00. The van der Waals surface area contributed by atoms with Gasteiger partial charge in [0.25, 0.3) is 0 Å². The Balaban J connectivity index is 3.90. The van der Waals surface area contributed by atoms with Gasteiger partial charge < -0.3 is 0 Å². The minimum atomic E-state index is -0.367. The molecule has 0 amide bonds. The van der Waals surface area contributed by atoms with E-state index in [4.69, 9.17) is 11.6 Å². The largest absolute Gasteiger partial charge is 0.200 e. The summed E-state index contributed by atoms with van der Waals surface area (Å²) in [6.45, 7) is 3.62. The summed E-state index contributed by atoms with van der Waals surface area (Å²) in [4.78, 5) is 0. The zero-order chi connectivity index (χ0) is 6.62. The number of hydrogen-bond acceptors (Lipinski definition) is 2. The van der Waals surface area contributed by atoms with Gasteiger partial charge in [-0.3, -0.25) is 0 Å². The van der Waals surface area contributed by atoms with Crippen LogP contribution in [0.5, 0.6) is 0 Å². The highest BCUT2D eigenvalue weighted by Gasteiger charge is 2.12. The maximum Gasteiger partial charge on any atom is 0.200 e. The van der Waals surface area contributed by atoms with Crippen molar-refractivity contribution in [3.63, 3.8) is 0 Å². The summed E-state index contributed by atoms with van der Waals surface area (Å²) in [6, 6.07) is 0. The van der Waals surface area contributed by atoms with E-state index >= 15 is 0 Å². The summed E-state index contributed by atoms with van der Waals surface area (Å²) in [5, 5.41) is 0. The van der Waals surface area contributed by atoms with E-state index in [2.05, 4.69) is 4.36 Å². The van der Waals surface area contributed by atoms with Gasteiger partial charge in [0.05, 0.1) is 5.54 Å². The molecule has 0 unspecified atom stereocenters. The minimum Gasteiger partial charge on any atom is -0.191 e. The first-order valence-electron chi connectivity index (χ1n) is 2.19. The van der Waals surface area contributed by atoms with Gasteiger partial charge in [-0.05, 0) is 13.8 Å². The molecule has 8 heavy (non-hydrogen) atoms. The van der Waals surface area contributed by atoms with Gasteiger partial charge in [0.15, 0.2) is 11.5 Å². The first-order valence-corrected chi connectivity index (χ1v) is 3.43. The first kappa shape index (κ1) is 8.11. The van der Waals surface area contributed by atoms with Gasteiger partial charge in [-0.15, -0.1) is 11.6 Å². The number of hydrogen-bond donors (Lipinski definition) is 0. The Morgan fingerprint density at radius 2 is 2.25 bits per heavy atom. The zero-order valence-electron chi connectivity index (χ0n) is 4.85. The molecule has 0 radical (unpaired) electrons. The first-order chi connectivity index (χ1) is 3.62. The van der Waals surface area contributed by atoms with Gasteiger partial charge >= 0.3 is 0 Å². The topological polar surface area (TPSA) is 29.4 Å². The lowest BCUT2D eigenvalue weighted by molar-refractivity contribution is 0.594. The van der Waals surface area contributed by atoms with Gasteiger partial charge in [0, 0.05) is 5.88 Å². The number of halogens is 1. The Hall–Kier alpha value is 0.110. The fourth-order valence-corrected chi connectivity index (χ4v) is 0.522. The van der Waals surface area contributed by atoms with E-state index in [9.17, 15) is 4.21 Å². The Bertz CT molecular complexity index is 119. The molecule has 0 spiro atoms. The highest BCUT2D eigenvalue weighted by Crippen LogP contribution is 2.08. The molecule has 0 atom stereocenters. The molecule has 0 saturated carbocycles. The lowest BCUT2D eigenvalue weighted by atomic mass is 10.1. The van der Waals surface area contributed by atoms with Crippen LogP contribution >= 0.6 is 11.6 Å². The maximum atomic E-state index is 9.80. The average Bonchev–Trinajstić information content (AvgIpc) is 1.67. The second kappa shape index (κ2) is 3.20. The summed E-state index contributed by atoms with van der Waals surface area (Å²) < 4.78 is 13.4. The molecule has 48 valence electrons. The van der Waals surface area contributed by atoms with Crippen molar-refractivity contribution < 1.29 is 4.21 Å². The van der Waals surface area contributed by atoms with Crippen LogP contribution in [0.1, 0.15) is 13.8 Å². The zero-order valence-corrected chi connectivity index (χ0v) is 6.42. The maximum absolute atomic E-state index is 9.80. The Morgan fingerprint density at radius 1 is 1.75 bits per heavy atom. The molecular formula is C4H8ClNOS. The molecule has 0 aromatic heterocycles. The van der Waals surface area contributed by atoms with Crippen LogP contribution in [-0.4, -0.2) is 15.6 Å². The highest BCUT2D eigenvalue weighted by atomic mass is 35.5. The smallest absolute Gasteiger partial charge is 0.191 e. The molecular weight excluding hydrogens is 146 g/mol. The van der Waals surface area contributed by atoms with Gasteiger partial charge in [-0.25, -0.2) is 0 Å². The summed E-state index contributed by atoms with van der Waals surface area (Å²) in [6.07, 6.45) is 0. The standard InChI is InChI=1S/C4H8ClNOS/c1-4(2,3-5)6-8-7/h3H2,1-2H3. The number of alkyl halides is 1. The molecule has 4 heteroatoms. The van der Waals surface area contributed by atoms with Gasteiger partial charge in [0.1, 0.15) is 0 Å². The average molecular weight is 154 g/mol. The molecule has 0 aromatic rings. The third-order valence-electron chi connectivity index (χ3n) is 0.611. The fourth-order valence-electron chi connectivity index (χ4n) is 0.125. The van der Waals surface area contributed by atoms with Crippen LogP contribution in [0.15, 0.2) is 4.36 Å². The third kappa shape index (κ3) is 3.16. The van der Waals surface area contributed by atoms with Crippen molar-refractivity contribution in [2.24, 2.45) is 4.36 Å². The lowest BCUT2D eigenvalue weighted by Crippen LogP contribution is -2.17.